The molecule has 0 saturated carbocycles. The SMILES string of the molecule is N#Cc1nc(-c2ccc3ncccc3c2)c(-c2ccccc2F)nc1N. The van der Waals surface area contributed by atoms with Crippen molar-refractivity contribution >= 4 is 16.7 Å². The lowest BCUT2D eigenvalue weighted by atomic mass is 10.0. The highest BCUT2D eigenvalue weighted by molar-refractivity contribution is 5.87. The maximum absolute atomic E-state index is 14.4. The third-order valence-electron chi connectivity index (χ3n) is 4.03. The van der Waals surface area contributed by atoms with Crippen LogP contribution in [0.1, 0.15) is 5.69 Å². The molecule has 2 aromatic heterocycles. The first kappa shape index (κ1) is 15.7. The molecule has 0 amide bonds. The summed E-state index contributed by atoms with van der Waals surface area (Å²) < 4.78 is 14.4. The van der Waals surface area contributed by atoms with Gasteiger partial charge in [-0.25, -0.2) is 14.4 Å². The number of nitrogen functional groups attached to an aromatic ring is 1. The van der Waals surface area contributed by atoms with Crippen molar-refractivity contribution in [2.75, 3.05) is 5.73 Å². The van der Waals surface area contributed by atoms with Crippen LogP contribution in [0.4, 0.5) is 10.2 Å². The molecule has 6 heteroatoms. The predicted molar refractivity (Wildman–Crippen MR) is 97.3 cm³/mol. The molecule has 0 spiro atoms. The van der Waals surface area contributed by atoms with Gasteiger partial charge in [-0.15, -0.1) is 0 Å². The lowest BCUT2D eigenvalue weighted by Crippen LogP contribution is -2.04. The zero-order valence-electron chi connectivity index (χ0n) is 13.5. The quantitative estimate of drug-likeness (QED) is 0.596. The molecule has 5 nitrogen and oxygen atoms in total. The maximum atomic E-state index is 14.4. The summed E-state index contributed by atoms with van der Waals surface area (Å²) in [6.45, 7) is 0. The minimum absolute atomic E-state index is 0.00590. The molecule has 0 aliphatic rings. The van der Waals surface area contributed by atoms with E-state index in [4.69, 9.17) is 5.73 Å². The predicted octanol–water partition coefficient (Wildman–Crippen LogP) is 3.95. The van der Waals surface area contributed by atoms with Crippen LogP contribution in [0, 0.1) is 17.1 Å². The summed E-state index contributed by atoms with van der Waals surface area (Å²) in [5.41, 5.74) is 8.33. The van der Waals surface area contributed by atoms with Gasteiger partial charge in [-0.3, -0.25) is 4.98 Å². The number of pyridine rings is 1. The molecule has 2 aromatic carbocycles. The van der Waals surface area contributed by atoms with Crippen molar-refractivity contribution in [2.24, 2.45) is 0 Å². The van der Waals surface area contributed by atoms with Crippen molar-refractivity contribution < 1.29 is 4.39 Å². The Kier molecular flexibility index (Phi) is 3.75. The number of fused-ring (bicyclic) bond motifs is 1. The van der Waals surface area contributed by atoms with Crippen molar-refractivity contribution in [3.63, 3.8) is 0 Å². The van der Waals surface area contributed by atoms with Gasteiger partial charge in [-0.2, -0.15) is 5.26 Å². The number of hydrogen-bond donors (Lipinski definition) is 1. The number of aromatic nitrogens is 3. The molecule has 0 fully saturated rings. The molecule has 0 bridgehead atoms. The summed E-state index contributed by atoms with van der Waals surface area (Å²) in [5, 5.41) is 10.2. The zero-order chi connectivity index (χ0) is 18.1. The largest absolute Gasteiger partial charge is 0.381 e. The molecule has 26 heavy (non-hydrogen) atoms. The first-order valence-electron chi connectivity index (χ1n) is 7.85. The number of halogens is 1. The average Bonchev–Trinajstić information content (AvgIpc) is 2.68. The Hall–Kier alpha value is -3.85. The van der Waals surface area contributed by atoms with E-state index >= 15 is 0 Å². The first-order valence-corrected chi connectivity index (χ1v) is 7.85. The number of nitriles is 1. The lowest BCUT2D eigenvalue weighted by Gasteiger charge is -2.11. The number of nitrogens with zero attached hydrogens (tertiary/aromatic N) is 4. The second-order valence-electron chi connectivity index (χ2n) is 5.66. The highest BCUT2D eigenvalue weighted by atomic mass is 19.1. The molecule has 0 radical (unpaired) electrons. The van der Waals surface area contributed by atoms with Gasteiger partial charge in [-0.1, -0.05) is 24.3 Å². The summed E-state index contributed by atoms with van der Waals surface area (Å²) in [5.74, 6) is -0.466. The van der Waals surface area contributed by atoms with Gasteiger partial charge < -0.3 is 5.73 Å². The lowest BCUT2D eigenvalue weighted by molar-refractivity contribution is 0.630. The Bertz CT molecular complexity index is 1180. The third-order valence-corrected chi connectivity index (χ3v) is 4.03. The summed E-state index contributed by atoms with van der Waals surface area (Å²) in [6, 6.07) is 17.5. The minimum Gasteiger partial charge on any atom is -0.381 e. The Morgan fingerprint density at radius 3 is 2.62 bits per heavy atom. The van der Waals surface area contributed by atoms with Crippen LogP contribution >= 0.6 is 0 Å². The first-order chi connectivity index (χ1) is 12.7. The van der Waals surface area contributed by atoms with Crippen LogP contribution < -0.4 is 5.73 Å². The van der Waals surface area contributed by atoms with Crippen LogP contribution in [0.2, 0.25) is 0 Å². The normalized spacial score (nSPS) is 10.6. The molecule has 0 saturated heterocycles. The van der Waals surface area contributed by atoms with Crippen LogP contribution in [-0.2, 0) is 0 Å². The van der Waals surface area contributed by atoms with Gasteiger partial charge in [0.05, 0.1) is 11.2 Å². The van der Waals surface area contributed by atoms with Gasteiger partial charge in [0, 0.05) is 22.7 Å². The van der Waals surface area contributed by atoms with Crippen molar-refractivity contribution in [3.05, 3.63) is 72.3 Å². The molecule has 2 N–H and O–H groups in total. The van der Waals surface area contributed by atoms with Gasteiger partial charge in [0.1, 0.15) is 17.6 Å². The fraction of sp³-hybridized carbons (Fsp3) is 0. The molecule has 0 aliphatic carbocycles. The molecule has 4 rings (SSSR count). The molecule has 0 aliphatic heterocycles. The van der Waals surface area contributed by atoms with Gasteiger partial charge >= 0.3 is 0 Å². The average molecular weight is 341 g/mol. The van der Waals surface area contributed by atoms with E-state index in [1.165, 1.54) is 6.07 Å². The van der Waals surface area contributed by atoms with Crippen molar-refractivity contribution in [1.82, 2.24) is 15.0 Å². The fourth-order valence-electron chi connectivity index (χ4n) is 2.80. The molecule has 0 unspecified atom stereocenters. The van der Waals surface area contributed by atoms with Crippen LogP contribution in [0.3, 0.4) is 0 Å². The van der Waals surface area contributed by atoms with Gasteiger partial charge in [0.2, 0.25) is 0 Å². The van der Waals surface area contributed by atoms with E-state index < -0.39 is 5.82 Å². The molecule has 2 heterocycles. The monoisotopic (exact) mass is 341 g/mol. The van der Waals surface area contributed by atoms with E-state index in [0.717, 1.165) is 10.9 Å². The maximum Gasteiger partial charge on any atom is 0.183 e. The number of hydrogen-bond acceptors (Lipinski definition) is 5. The van der Waals surface area contributed by atoms with E-state index in [9.17, 15) is 9.65 Å². The number of nitrogens with two attached hydrogens (primary N) is 1. The summed E-state index contributed by atoms with van der Waals surface area (Å²) in [7, 11) is 0. The third kappa shape index (κ3) is 2.62. The standard InChI is InChI=1S/C20H12FN5/c21-15-6-2-1-5-14(15)19-18(25-17(11-22)20(23)26-19)13-7-8-16-12(10-13)4-3-9-24-16/h1-10H,(H2,23,26). The number of rotatable bonds is 2. The van der Waals surface area contributed by atoms with E-state index in [0.29, 0.717) is 17.0 Å². The zero-order valence-corrected chi connectivity index (χ0v) is 13.5. The molecular weight excluding hydrogens is 329 g/mol. The van der Waals surface area contributed by atoms with Gasteiger partial charge in [0.15, 0.2) is 11.5 Å². The highest BCUT2D eigenvalue weighted by Crippen LogP contribution is 2.33. The summed E-state index contributed by atoms with van der Waals surface area (Å²) in [6.07, 6.45) is 1.71. The van der Waals surface area contributed by atoms with E-state index in [2.05, 4.69) is 15.0 Å². The topological polar surface area (TPSA) is 88.5 Å². The minimum atomic E-state index is -0.436. The molecule has 0 atom stereocenters. The Morgan fingerprint density at radius 1 is 0.962 bits per heavy atom. The summed E-state index contributed by atoms with van der Waals surface area (Å²) in [4.78, 5) is 12.9. The fourth-order valence-corrected chi connectivity index (χ4v) is 2.80. The molecule has 4 aromatic rings. The van der Waals surface area contributed by atoms with E-state index in [1.807, 2.05) is 36.4 Å². The Labute approximate surface area is 148 Å². The van der Waals surface area contributed by atoms with Crippen LogP contribution in [0.5, 0.6) is 0 Å². The number of anilines is 1. The van der Waals surface area contributed by atoms with Crippen LogP contribution in [0.15, 0.2) is 60.8 Å². The smallest absolute Gasteiger partial charge is 0.183 e. The Balaban J connectivity index is 2.02. The Morgan fingerprint density at radius 2 is 1.81 bits per heavy atom. The van der Waals surface area contributed by atoms with Crippen LogP contribution in [-0.4, -0.2) is 15.0 Å². The number of benzene rings is 2. The second kappa shape index (κ2) is 6.22. The van der Waals surface area contributed by atoms with Gasteiger partial charge in [-0.05, 0) is 30.3 Å². The van der Waals surface area contributed by atoms with E-state index in [-0.39, 0.29) is 17.1 Å². The van der Waals surface area contributed by atoms with E-state index in [1.54, 1.807) is 24.4 Å². The highest BCUT2D eigenvalue weighted by Gasteiger charge is 2.18. The van der Waals surface area contributed by atoms with Crippen molar-refractivity contribution in [3.8, 4) is 28.6 Å². The van der Waals surface area contributed by atoms with Crippen LogP contribution in [0.25, 0.3) is 33.4 Å². The van der Waals surface area contributed by atoms with Crippen molar-refractivity contribution in [2.45, 2.75) is 0 Å². The molecule has 124 valence electrons. The second-order valence-corrected chi connectivity index (χ2v) is 5.66. The molecular formula is C20H12FN5. The summed E-state index contributed by atoms with van der Waals surface area (Å²) >= 11 is 0. The van der Waals surface area contributed by atoms with Gasteiger partial charge in [0.25, 0.3) is 0 Å². The van der Waals surface area contributed by atoms with Crippen molar-refractivity contribution in [1.29, 1.82) is 5.26 Å².